The first-order valence-corrected chi connectivity index (χ1v) is 9.46. The third-order valence-corrected chi connectivity index (χ3v) is 4.77. The number of aryl methyl sites for hydroxylation is 1. The molecule has 0 unspecified atom stereocenters. The molecule has 2 aromatic rings. The molecular formula is C22H28N4. The number of fused-ring (bicyclic) bond motifs is 1. The van der Waals surface area contributed by atoms with Crippen LogP contribution in [0.15, 0.2) is 58.5 Å². The minimum absolute atomic E-state index is 0.718. The Hall–Kier alpha value is -2.46. The topological polar surface area (TPSA) is 40.0 Å². The summed E-state index contributed by atoms with van der Waals surface area (Å²) in [4.78, 5) is 12.2. The first-order valence-electron chi connectivity index (χ1n) is 9.46. The van der Waals surface area contributed by atoms with Crippen LogP contribution < -0.4 is 5.32 Å². The van der Waals surface area contributed by atoms with E-state index in [0.29, 0.717) is 0 Å². The van der Waals surface area contributed by atoms with Crippen LogP contribution in [-0.4, -0.2) is 42.6 Å². The highest BCUT2D eigenvalue weighted by atomic mass is 15.1. The number of amidine groups is 1. The van der Waals surface area contributed by atoms with Crippen molar-refractivity contribution < 1.29 is 0 Å². The molecule has 0 amide bonds. The molecule has 0 bridgehead atoms. The Labute approximate surface area is 156 Å². The van der Waals surface area contributed by atoms with Gasteiger partial charge in [-0.1, -0.05) is 55.8 Å². The average molecular weight is 348 g/mol. The van der Waals surface area contributed by atoms with Gasteiger partial charge in [0.2, 0.25) is 0 Å². The second-order valence-electron chi connectivity index (χ2n) is 6.60. The molecule has 2 aromatic carbocycles. The summed E-state index contributed by atoms with van der Waals surface area (Å²) in [7, 11) is 0. The van der Waals surface area contributed by atoms with Crippen molar-refractivity contribution in [3.63, 3.8) is 0 Å². The summed E-state index contributed by atoms with van der Waals surface area (Å²) in [6.07, 6.45) is 0.718. The highest BCUT2D eigenvalue weighted by Gasteiger charge is 2.15. The third kappa shape index (κ3) is 4.58. The molecule has 1 aliphatic heterocycles. The second kappa shape index (κ2) is 8.77. The van der Waals surface area contributed by atoms with Crippen molar-refractivity contribution in [3.05, 3.63) is 59.7 Å². The number of nitrogens with zero attached hydrogens (tertiary/aromatic N) is 3. The van der Waals surface area contributed by atoms with Gasteiger partial charge in [0.15, 0.2) is 0 Å². The fraction of sp³-hybridized carbons (Fsp3) is 0.364. The molecule has 26 heavy (non-hydrogen) atoms. The van der Waals surface area contributed by atoms with Gasteiger partial charge in [0.25, 0.3) is 0 Å². The maximum absolute atomic E-state index is 4.93. The summed E-state index contributed by atoms with van der Waals surface area (Å²) in [6.45, 7) is 10.4. The van der Waals surface area contributed by atoms with E-state index >= 15 is 0 Å². The molecular weight excluding hydrogens is 320 g/mol. The summed E-state index contributed by atoms with van der Waals surface area (Å²) >= 11 is 0. The zero-order valence-electron chi connectivity index (χ0n) is 16.0. The molecule has 136 valence electrons. The molecule has 0 atom stereocenters. The van der Waals surface area contributed by atoms with Crippen molar-refractivity contribution >= 4 is 22.9 Å². The Balaban J connectivity index is 1.87. The van der Waals surface area contributed by atoms with E-state index < -0.39 is 0 Å². The summed E-state index contributed by atoms with van der Waals surface area (Å²) in [6, 6.07) is 16.8. The van der Waals surface area contributed by atoms with E-state index in [1.807, 2.05) is 12.1 Å². The molecule has 0 aromatic heterocycles. The number of hydrogen-bond acceptors (Lipinski definition) is 3. The largest absolute Gasteiger partial charge is 0.342 e. The van der Waals surface area contributed by atoms with E-state index in [1.165, 1.54) is 5.56 Å². The van der Waals surface area contributed by atoms with Gasteiger partial charge in [-0.2, -0.15) is 0 Å². The molecule has 3 rings (SSSR count). The van der Waals surface area contributed by atoms with Crippen LogP contribution in [0.2, 0.25) is 0 Å². The maximum atomic E-state index is 4.93. The standard InChI is InChI=1S/C22H28N4/c1-4-26(5-2)15-14-23-22-16-21(18-12-10-17(3)11-13-18)24-19-8-6-7-9-20(19)25-22/h6-13H,4-5,14-16H2,1-3H3,(H,23,25). The molecule has 4 nitrogen and oxygen atoms in total. The summed E-state index contributed by atoms with van der Waals surface area (Å²) in [5, 5.41) is 3.50. The van der Waals surface area contributed by atoms with Crippen molar-refractivity contribution in [1.29, 1.82) is 0 Å². The number of para-hydroxylation sites is 2. The van der Waals surface area contributed by atoms with Crippen LogP contribution in [0.3, 0.4) is 0 Å². The number of aliphatic imine (C=N–C) groups is 2. The zero-order valence-corrected chi connectivity index (χ0v) is 16.0. The molecule has 0 saturated heterocycles. The fourth-order valence-corrected chi connectivity index (χ4v) is 3.09. The lowest BCUT2D eigenvalue weighted by molar-refractivity contribution is 0.313. The number of benzene rings is 2. The molecule has 4 heteroatoms. The highest BCUT2D eigenvalue weighted by Crippen LogP contribution is 2.28. The van der Waals surface area contributed by atoms with E-state index in [4.69, 9.17) is 9.98 Å². The van der Waals surface area contributed by atoms with Gasteiger partial charge in [-0.25, -0.2) is 0 Å². The second-order valence-corrected chi connectivity index (χ2v) is 6.60. The van der Waals surface area contributed by atoms with Crippen molar-refractivity contribution in [2.45, 2.75) is 27.2 Å². The van der Waals surface area contributed by atoms with Gasteiger partial charge in [0, 0.05) is 13.0 Å². The van der Waals surface area contributed by atoms with Crippen molar-refractivity contribution in [3.8, 4) is 0 Å². The van der Waals surface area contributed by atoms with Gasteiger partial charge in [-0.3, -0.25) is 9.98 Å². The third-order valence-electron chi connectivity index (χ3n) is 4.77. The lowest BCUT2D eigenvalue weighted by Crippen LogP contribution is -2.26. The smallest absolute Gasteiger partial charge is 0.107 e. The molecule has 0 aliphatic carbocycles. The number of likely N-dealkylation sites (N-methyl/N-ethyl adjacent to an activating group) is 1. The predicted molar refractivity (Wildman–Crippen MR) is 112 cm³/mol. The Kier molecular flexibility index (Phi) is 6.18. The molecule has 0 saturated carbocycles. The monoisotopic (exact) mass is 348 g/mol. The van der Waals surface area contributed by atoms with Crippen LogP contribution in [0.5, 0.6) is 0 Å². The van der Waals surface area contributed by atoms with Crippen LogP contribution in [0.25, 0.3) is 0 Å². The Morgan fingerprint density at radius 3 is 2.50 bits per heavy atom. The summed E-state index contributed by atoms with van der Waals surface area (Å²) in [5.74, 6) is 0.987. The lowest BCUT2D eigenvalue weighted by Gasteiger charge is -2.17. The van der Waals surface area contributed by atoms with Crippen molar-refractivity contribution in [1.82, 2.24) is 4.90 Å². The predicted octanol–water partition coefficient (Wildman–Crippen LogP) is 4.67. The van der Waals surface area contributed by atoms with Crippen molar-refractivity contribution in [2.24, 2.45) is 9.98 Å². The van der Waals surface area contributed by atoms with Crippen LogP contribution in [0, 0.1) is 6.92 Å². The SMILES string of the molecule is CCN(CC)CCN=C1CC(c2ccc(C)cc2)=Nc2ccccc2N1. The minimum Gasteiger partial charge on any atom is -0.342 e. The van der Waals surface area contributed by atoms with Gasteiger partial charge < -0.3 is 10.2 Å². The summed E-state index contributed by atoms with van der Waals surface area (Å²) in [5.41, 5.74) is 5.47. The number of hydrogen-bond donors (Lipinski definition) is 1. The Bertz CT molecular complexity index is 786. The number of anilines is 1. The molecule has 0 fully saturated rings. The van der Waals surface area contributed by atoms with E-state index in [-0.39, 0.29) is 0 Å². The molecule has 1 heterocycles. The number of rotatable bonds is 6. The van der Waals surface area contributed by atoms with Gasteiger partial charge in [0.1, 0.15) is 5.84 Å². The average Bonchev–Trinajstić information content (AvgIpc) is 2.85. The maximum Gasteiger partial charge on any atom is 0.107 e. The van der Waals surface area contributed by atoms with Crippen LogP contribution in [0.4, 0.5) is 11.4 Å². The van der Waals surface area contributed by atoms with E-state index in [0.717, 1.165) is 61.1 Å². The van der Waals surface area contributed by atoms with Gasteiger partial charge in [-0.05, 0) is 37.7 Å². The Morgan fingerprint density at radius 2 is 1.77 bits per heavy atom. The normalized spacial score (nSPS) is 15.4. The molecule has 0 spiro atoms. The van der Waals surface area contributed by atoms with E-state index in [9.17, 15) is 0 Å². The number of nitrogens with one attached hydrogen (secondary N) is 1. The van der Waals surface area contributed by atoms with Crippen LogP contribution in [0.1, 0.15) is 31.4 Å². The lowest BCUT2D eigenvalue weighted by atomic mass is 10.1. The van der Waals surface area contributed by atoms with Crippen LogP contribution in [-0.2, 0) is 0 Å². The molecule has 0 radical (unpaired) electrons. The van der Waals surface area contributed by atoms with Gasteiger partial charge >= 0.3 is 0 Å². The highest BCUT2D eigenvalue weighted by molar-refractivity contribution is 6.18. The van der Waals surface area contributed by atoms with Crippen LogP contribution >= 0.6 is 0 Å². The summed E-state index contributed by atoms with van der Waals surface area (Å²) < 4.78 is 0. The first-order chi connectivity index (χ1) is 12.7. The van der Waals surface area contributed by atoms with Gasteiger partial charge in [0.05, 0.1) is 23.6 Å². The van der Waals surface area contributed by atoms with Gasteiger partial charge in [-0.15, -0.1) is 0 Å². The van der Waals surface area contributed by atoms with E-state index in [2.05, 4.69) is 67.4 Å². The quantitative estimate of drug-likeness (QED) is 0.824. The van der Waals surface area contributed by atoms with E-state index in [1.54, 1.807) is 0 Å². The molecule has 1 N–H and O–H groups in total. The minimum atomic E-state index is 0.718. The first kappa shape index (κ1) is 18.3. The Morgan fingerprint density at radius 1 is 1.04 bits per heavy atom. The van der Waals surface area contributed by atoms with Crippen molar-refractivity contribution in [2.75, 3.05) is 31.5 Å². The fourth-order valence-electron chi connectivity index (χ4n) is 3.09. The zero-order chi connectivity index (χ0) is 18.4. The molecule has 1 aliphatic rings.